The minimum atomic E-state index is -0.190. The van der Waals surface area contributed by atoms with E-state index in [1.807, 2.05) is 0 Å². The summed E-state index contributed by atoms with van der Waals surface area (Å²) in [6, 6.07) is 0. The molecule has 0 radical (unpaired) electrons. The molecule has 0 spiro atoms. The van der Waals surface area contributed by atoms with Gasteiger partial charge in [-0.2, -0.15) is 0 Å². The summed E-state index contributed by atoms with van der Waals surface area (Å²) in [5.74, 6) is 1.69. The summed E-state index contributed by atoms with van der Waals surface area (Å²) < 4.78 is 17.5. The van der Waals surface area contributed by atoms with Crippen LogP contribution in [0.1, 0.15) is 67.2 Å². The van der Waals surface area contributed by atoms with Crippen molar-refractivity contribution >= 4 is 0 Å². The Labute approximate surface area is 149 Å². The van der Waals surface area contributed by atoms with Crippen molar-refractivity contribution < 1.29 is 14.2 Å². The zero-order valence-corrected chi connectivity index (χ0v) is 16.9. The van der Waals surface area contributed by atoms with E-state index in [2.05, 4.69) is 47.6 Å². The van der Waals surface area contributed by atoms with Gasteiger partial charge in [-0.1, -0.05) is 25.5 Å². The molecular weight excluding hydrogens is 300 g/mol. The SMILES string of the molecule is COCC(CC(C)(C)OCCC1=CCC2CC1C2(C)C)OC(C)C. The van der Waals surface area contributed by atoms with E-state index in [0.717, 1.165) is 31.3 Å². The topological polar surface area (TPSA) is 27.7 Å². The zero-order valence-electron chi connectivity index (χ0n) is 16.9. The van der Waals surface area contributed by atoms with E-state index in [9.17, 15) is 0 Å². The predicted octanol–water partition coefficient (Wildman–Crippen LogP) is 4.99. The second kappa shape index (κ2) is 7.88. The van der Waals surface area contributed by atoms with Crippen LogP contribution in [-0.2, 0) is 14.2 Å². The molecule has 1 fully saturated rings. The zero-order chi connectivity index (χ0) is 18.0. The standard InChI is InChI=1S/C21H38O3/c1-15(2)24-18(14-22-7)13-20(3,4)23-11-10-16-8-9-17-12-19(16)21(17,5)6/h8,15,17-19H,9-14H2,1-7H3. The molecule has 3 aliphatic rings. The molecule has 0 N–H and O–H groups in total. The monoisotopic (exact) mass is 338 g/mol. The van der Waals surface area contributed by atoms with Crippen LogP contribution in [0, 0.1) is 17.3 Å². The van der Waals surface area contributed by atoms with Gasteiger partial charge in [-0.3, -0.25) is 0 Å². The van der Waals surface area contributed by atoms with Crippen molar-refractivity contribution in [2.75, 3.05) is 20.3 Å². The molecular formula is C21H38O3. The molecule has 3 unspecified atom stereocenters. The summed E-state index contributed by atoms with van der Waals surface area (Å²) >= 11 is 0. The number of ether oxygens (including phenoxy) is 3. The van der Waals surface area contributed by atoms with Crippen molar-refractivity contribution in [1.82, 2.24) is 0 Å². The Morgan fingerprint density at radius 3 is 2.54 bits per heavy atom. The lowest BCUT2D eigenvalue weighted by Crippen LogP contribution is -2.48. The van der Waals surface area contributed by atoms with Crippen molar-refractivity contribution in [1.29, 1.82) is 0 Å². The molecule has 0 heterocycles. The summed E-state index contributed by atoms with van der Waals surface area (Å²) in [5.41, 5.74) is 1.95. The maximum absolute atomic E-state index is 6.25. The summed E-state index contributed by atoms with van der Waals surface area (Å²) in [7, 11) is 1.73. The van der Waals surface area contributed by atoms with Crippen LogP contribution in [0.5, 0.6) is 0 Å². The van der Waals surface area contributed by atoms with Gasteiger partial charge < -0.3 is 14.2 Å². The molecule has 3 aliphatic carbocycles. The molecule has 0 amide bonds. The lowest BCUT2D eigenvalue weighted by molar-refractivity contribution is -0.0968. The van der Waals surface area contributed by atoms with Gasteiger partial charge in [0.15, 0.2) is 0 Å². The van der Waals surface area contributed by atoms with Gasteiger partial charge in [0.1, 0.15) is 0 Å². The summed E-state index contributed by atoms with van der Waals surface area (Å²) in [6.45, 7) is 14.8. The Morgan fingerprint density at radius 1 is 1.29 bits per heavy atom. The highest BCUT2D eigenvalue weighted by molar-refractivity contribution is 5.23. The third-order valence-electron chi connectivity index (χ3n) is 6.00. The van der Waals surface area contributed by atoms with Gasteiger partial charge >= 0.3 is 0 Å². The van der Waals surface area contributed by atoms with Crippen LogP contribution in [0.4, 0.5) is 0 Å². The minimum Gasteiger partial charge on any atom is -0.382 e. The van der Waals surface area contributed by atoms with Crippen LogP contribution >= 0.6 is 0 Å². The van der Waals surface area contributed by atoms with Crippen molar-refractivity contribution in [3.63, 3.8) is 0 Å². The first kappa shape index (κ1) is 19.9. The Morgan fingerprint density at radius 2 is 2.00 bits per heavy atom. The van der Waals surface area contributed by atoms with Crippen LogP contribution < -0.4 is 0 Å². The molecule has 24 heavy (non-hydrogen) atoms. The van der Waals surface area contributed by atoms with Gasteiger partial charge in [-0.05, 0) is 64.2 Å². The van der Waals surface area contributed by atoms with E-state index in [1.165, 1.54) is 12.8 Å². The summed E-state index contributed by atoms with van der Waals surface area (Å²) in [4.78, 5) is 0. The maximum Gasteiger partial charge on any atom is 0.0839 e. The van der Waals surface area contributed by atoms with Gasteiger partial charge in [0.05, 0.1) is 31.0 Å². The maximum atomic E-state index is 6.25. The quantitative estimate of drug-likeness (QED) is 0.525. The second-order valence-corrected chi connectivity index (χ2v) is 9.15. The van der Waals surface area contributed by atoms with Gasteiger partial charge in [0, 0.05) is 13.5 Å². The van der Waals surface area contributed by atoms with Crippen molar-refractivity contribution in [2.24, 2.45) is 17.3 Å². The minimum absolute atomic E-state index is 0.0882. The Balaban J connectivity index is 1.79. The first-order valence-electron chi connectivity index (χ1n) is 9.63. The van der Waals surface area contributed by atoms with E-state index < -0.39 is 0 Å². The van der Waals surface area contributed by atoms with Gasteiger partial charge in [0.25, 0.3) is 0 Å². The predicted molar refractivity (Wildman–Crippen MR) is 99.2 cm³/mol. The van der Waals surface area contributed by atoms with Crippen molar-refractivity contribution in [2.45, 2.75) is 85.0 Å². The normalized spacial score (nSPS) is 26.9. The molecule has 140 valence electrons. The van der Waals surface area contributed by atoms with E-state index in [0.29, 0.717) is 12.0 Å². The fraction of sp³-hybridized carbons (Fsp3) is 0.905. The number of methoxy groups -OCH3 is 1. The molecule has 2 bridgehead atoms. The van der Waals surface area contributed by atoms with Crippen molar-refractivity contribution in [3.8, 4) is 0 Å². The highest BCUT2D eigenvalue weighted by Gasteiger charge is 2.50. The summed E-state index contributed by atoms with van der Waals surface area (Å²) in [6.07, 6.45) is 7.36. The molecule has 1 saturated carbocycles. The van der Waals surface area contributed by atoms with Gasteiger partial charge in [-0.25, -0.2) is 0 Å². The van der Waals surface area contributed by atoms with Gasteiger partial charge in [-0.15, -0.1) is 0 Å². The number of allylic oxidation sites excluding steroid dienone is 1. The molecule has 3 heteroatoms. The van der Waals surface area contributed by atoms with Crippen LogP contribution in [0.25, 0.3) is 0 Å². The van der Waals surface area contributed by atoms with Crippen LogP contribution in [0.15, 0.2) is 11.6 Å². The summed E-state index contributed by atoms with van der Waals surface area (Å²) in [5, 5.41) is 0. The fourth-order valence-electron chi connectivity index (χ4n) is 4.53. The average molecular weight is 339 g/mol. The van der Waals surface area contributed by atoms with E-state index in [1.54, 1.807) is 12.7 Å². The number of hydrogen-bond donors (Lipinski definition) is 0. The first-order valence-corrected chi connectivity index (χ1v) is 9.63. The average Bonchev–Trinajstić information content (AvgIpc) is 2.46. The third kappa shape index (κ3) is 4.83. The molecule has 0 aliphatic heterocycles. The number of hydrogen-bond acceptors (Lipinski definition) is 3. The molecule has 0 aromatic carbocycles. The molecule has 0 saturated heterocycles. The first-order chi connectivity index (χ1) is 11.2. The molecule has 3 atom stereocenters. The lowest BCUT2D eigenvalue weighted by atomic mass is 9.48. The van der Waals surface area contributed by atoms with E-state index in [-0.39, 0.29) is 17.8 Å². The molecule has 0 aromatic rings. The van der Waals surface area contributed by atoms with Gasteiger partial charge in [0.2, 0.25) is 0 Å². The largest absolute Gasteiger partial charge is 0.382 e. The van der Waals surface area contributed by atoms with Crippen LogP contribution in [0.3, 0.4) is 0 Å². The molecule has 3 rings (SSSR count). The third-order valence-corrected chi connectivity index (χ3v) is 6.00. The second-order valence-electron chi connectivity index (χ2n) is 9.15. The highest BCUT2D eigenvalue weighted by Crippen LogP contribution is 2.59. The van der Waals surface area contributed by atoms with Crippen LogP contribution in [-0.4, -0.2) is 38.1 Å². The Bertz CT molecular complexity index is 436. The number of rotatable bonds is 10. The number of fused-ring (bicyclic) bond motifs is 1. The lowest BCUT2D eigenvalue weighted by Gasteiger charge is -2.56. The smallest absolute Gasteiger partial charge is 0.0839 e. The van der Waals surface area contributed by atoms with E-state index in [4.69, 9.17) is 14.2 Å². The van der Waals surface area contributed by atoms with Crippen molar-refractivity contribution in [3.05, 3.63) is 11.6 Å². The van der Waals surface area contributed by atoms with Crippen LogP contribution in [0.2, 0.25) is 0 Å². The van der Waals surface area contributed by atoms with E-state index >= 15 is 0 Å². The molecule has 3 nitrogen and oxygen atoms in total. The molecule has 0 aromatic heterocycles. The Hall–Kier alpha value is -0.380. The highest BCUT2D eigenvalue weighted by atomic mass is 16.5. The Kier molecular flexibility index (Phi) is 6.55. The fourth-order valence-corrected chi connectivity index (χ4v) is 4.53.